The second-order valence-corrected chi connectivity index (χ2v) is 11.5. The first-order valence-corrected chi connectivity index (χ1v) is 14.7. The smallest absolute Gasteiger partial charge is 0.253 e. The second-order valence-electron chi connectivity index (χ2n) is 11.5. The van der Waals surface area contributed by atoms with Crippen molar-refractivity contribution in [3.63, 3.8) is 0 Å². The molecule has 10 nitrogen and oxygen atoms in total. The Bertz CT molecular complexity index is 1200. The van der Waals surface area contributed by atoms with Crippen molar-refractivity contribution in [3.05, 3.63) is 58.7 Å². The molecule has 2 amide bonds. The van der Waals surface area contributed by atoms with E-state index in [1.165, 1.54) is 12.1 Å². The van der Waals surface area contributed by atoms with Crippen LogP contribution in [0, 0.1) is 0 Å². The summed E-state index contributed by atoms with van der Waals surface area (Å²) in [6.07, 6.45) is 6.87. The topological polar surface area (TPSA) is 112 Å². The van der Waals surface area contributed by atoms with Gasteiger partial charge >= 0.3 is 0 Å². The summed E-state index contributed by atoms with van der Waals surface area (Å²) >= 11 is 0. The van der Waals surface area contributed by atoms with Crippen molar-refractivity contribution in [2.75, 3.05) is 67.5 Å². The van der Waals surface area contributed by atoms with Gasteiger partial charge in [-0.05, 0) is 102 Å². The van der Waals surface area contributed by atoms with Crippen LogP contribution in [0.25, 0.3) is 0 Å². The summed E-state index contributed by atoms with van der Waals surface area (Å²) in [7, 11) is 7.87. The SMILES string of the molecule is CN1CCC(N(C)C(=O)c2ccc(O)c(C=NCCN=Cc3cc(C(=O)N(C)C4CCN(C)CC4)ccc3O)c2)CC1.[Fe]. The number of benzene rings is 2. The molecule has 2 aromatic rings. The quantitative estimate of drug-likeness (QED) is 0.250. The average molecular weight is 633 g/mol. The maximum atomic E-state index is 13.1. The van der Waals surface area contributed by atoms with Gasteiger partial charge in [0.2, 0.25) is 0 Å². The van der Waals surface area contributed by atoms with Crippen molar-refractivity contribution in [2.45, 2.75) is 37.8 Å². The molecule has 2 fully saturated rings. The summed E-state index contributed by atoms with van der Waals surface area (Å²) in [6, 6.07) is 10.1. The predicted molar refractivity (Wildman–Crippen MR) is 166 cm³/mol. The number of hydrogen-bond acceptors (Lipinski definition) is 8. The Morgan fingerprint density at radius 3 is 1.44 bits per heavy atom. The van der Waals surface area contributed by atoms with Crippen LogP contribution in [-0.2, 0) is 17.1 Å². The molecule has 234 valence electrons. The zero-order valence-electron chi connectivity index (χ0n) is 25.6. The molecule has 43 heavy (non-hydrogen) atoms. The molecule has 0 saturated carbocycles. The molecule has 4 rings (SSSR count). The minimum absolute atomic E-state index is 0. The molecule has 2 aliphatic rings. The molecule has 2 aromatic carbocycles. The summed E-state index contributed by atoms with van der Waals surface area (Å²) in [4.78, 5) is 43.1. The van der Waals surface area contributed by atoms with Gasteiger partial charge in [0.15, 0.2) is 0 Å². The fraction of sp³-hybridized carbons (Fsp3) is 0.500. The van der Waals surface area contributed by atoms with Gasteiger partial charge in [-0.1, -0.05) is 0 Å². The fourth-order valence-corrected chi connectivity index (χ4v) is 5.53. The van der Waals surface area contributed by atoms with Gasteiger partial charge in [-0.25, -0.2) is 0 Å². The number of phenols is 2. The van der Waals surface area contributed by atoms with Gasteiger partial charge in [-0.15, -0.1) is 0 Å². The van der Waals surface area contributed by atoms with Gasteiger partial charge in [0.1, 0.15) is 11.5 Å². The van der Waals surface area contributed by atoms with E-state index in [-0.39, 0.29) is 52.5 Å². The predicted octanol–water partition coefficient (Wildman–Crippen LogP) is 2.97. The van der Waals surface area contributed by atoms with Crippen LogP contribution in [0.2, 0.25) is 0 Å². The normalized spacial score (nSPS) is 17.3. The molecule has 0 radical (unpaired) electrons. The van der Waals surface area contributed by atoms with E-state index in [1.54, 1.807) is 46.5 Å². The number of amides is 2. The van der Waals surface area contributed by atoms with Gasteiger partial charge in [-0.2, -0.15) is 0 Å². The number of rotatable bonds is 9. The zero-order valence-corrected chi connectivity index (χ0v) is 26.7. The largest absolute Gasteiger partial charge is 0.507 e. The molecule has 0 aliphatic carbocycles. The molecule has 2 N–H and O–H groups in total. The first-order valence-electron chi connectivity index (χ1n) is 14.7. The van der Waals surface area contributed by atoms with Crippen LogP contribution in [0.3, 0.4) is 0 Å². The van der Waals surface area contributed by atoms with E-state index in [0.29, 0.717) is 35.3 Å². The van der Waals surface area contributed by atoms with Crippen LogP contribution >= 0.6 is 0 Å². The number of carbonyl (C=O) groups excluding carboxylic acids is 2. The van der Waals surface area contributed by atoms with Crippen molar-refractivity contribution >= 4 is 24.2 Å². The number of aliphatic imine (C=N–C) groups is 2. The van der Waals surface area contributed by atoms with Crippen LogP contribution in [0.5, 0.6) is 11.5 Å². The minimum Gasteiger partial charge on any atom is -0.507 e. The summed E-state index contributed by atoms with van der Waals surface area (Å²) in [6.45, 7) is 4.58. The van der Waals surface area contributed by atoms with E-state index in [0.717, 1.165) is 51.9 Å². The van der Waals surface area contributed by atoms with Crippen molar-refractivity contribution in [1.82, 2.24) is 19.6 Å². The maximum Gasteiger partial charge on any atom is 0.253 e. The molecule has 0 aromatic heterocycles. The second kappa shape index (κ2) is 16.0. The number of phenolic OH excluding ortho intramolecular Hbond substituents is 2. The summed E-state index contributed by atoms with van der Waals surface area (Å²) < 4.78 is 0. The zero-order chi connectivity index (χ0) is 30.2. The molecule has 0 unspecified atom stereocenters. The van der Waals surface area contributed by atoms with Crippen LogP contribution in [0.4, 0.5) is 0 Å². The van der Waals surface area contributed by atoms with Crippen LogP contribution in [0.15, 0.2) is 46.4 Å². The summed E-state index contributed by atoms with van der Waals surface area (Å²) in [5.74, 6) is -0.0292. The van der Waals surface area contributed by atoms with E-state index in [4.69, 9.17) is 0 Å². The van der Waals surface area contributed by atoms with Crippen LogP contribution < -0.4 is 0 Å². The molecule has 0 spiro atoms. The van der Waals surface area contributed by atoms with Crippen molar-refractivity contribution in [3.8, 4) is 11.5 Å². The molecular formula is C32H44FeN6O4. The Hall–Kier alpha value is -3.24. The molecule has 2 aliphatic heterocycles. The van der Waals surface area contributed by atoms with E-state index in [1.807, 2.05) is 14.1 Å². The van der Waals surface area contributed by atoms with E-state index in [2.05, 4.69) is 33.9 Å². The molecule has 11 heteroatoms. The van der Waals surface area contributed by atoms with Crippen molar-refractivity contribution < 1.29 is 36.9 Å². The van der Waals surface area contributed by atoms with Crippen LogP contribution in [0.1, 0.15) is 57.5 Å². The first-order chi connectivity index (χ1) is 20.1. The Morgan fingerprint density at radius 2 is 1.09 bits per heavy atom. The monoisotopic (exact) mass is 632 g/mol. The summed E-state index contributed by atoms with van der Waals surface area (Å²) in [5.41, 5.74) is 1.97. The van der Waals surface area contributed by atoms with Gasteiger partial charge < -0.3 is 29.8 Å². The summed E-state index contributed by atoms with van der Waals surface area (Å²) in [5, 5.41) is 20.6. The number of hydrogen-bond donors (Lipinski definition) is 2. The van der Waals surface area contributed by atoms with Crippen LogP contribution in [-0.4, -0.2) is 134 Å². The number of likely N-dealkylation sites (tertiary alicyclic amines) is 2. The molecule has 2 heterocycles. The van der Waals surface area contributed by atoms with E-state index in [9.17, 15) is 19.8 Å². The Balaban J connectivity index is 0.00000506. The Morgan fingerprint density at radius 1 is 0.744 bits per heavy atom. The third kappa shape index (κ3) is 9.13. The third-order valence-electron chi connectivity index (χ3n) is 8.48. The molecular weight excluding hydrogens is 588 g/mol. The van der Waals surface area contributed by atoms with E-state index >= 15 is 0 Å². The van der Waals surface area contributed by atoms with Gasteiger partial charge in [-0.3, -0.25) is 19.6 Å². The fourth-order valence-electron chi connectivity index (χ4n) is 5.53. The minimum atomic E-state index is -0.0677. The van der Waals surface area contributed by atoms with Gasteiger partial charge in [0.05, 0.1) is 13.1 Å². The Labute approximate surface area is 265 Å². The average Bonchev–Trinajstić information content (AvgIpc) is 2.99. The standard InChI is InChI=1S/C32H44N6O4.Fe/c1-35-15-9-27(10-16-35)37(3)31(41)23-5-7-29(39)25(19-23)21-33-13-14-34-22-26-20-24(6-8-30(26)40)32(42)38(4)28-11-17-36(2)18-12-28;/h5-8,19-22,27-28,39-40H,9-18H2,1-4H3;. The Kier molecular flexibility index (Phi) is 12.7. The molecule has 2 saturated heterocycles. The van der Waals surface area contributed by atoms with Crippen molar-refractivity contribution in [2.24, 2.45) is 9.98 Å². The molecule has 0 atom stereocenters. The van der Waals surface area contributed by atoms with E-state index < -0.39 is 0 Å². The number of carbonyl (C=O) groups is 2. The first kappa shape index (κ1) is 34.3. The molecule has 0 bridgehead atoms. The van der Waals surface area contributed by atoms with Crippen molar-refractivity contribution in [1.29, 1.82) is 0 Å². The maximum absolute atomic E-state index is 13.1. The van der Waals surface area contributed by atoms with Gasteiger partial charge in [0.25, 0.3) is 11.8 Å². The number of aromatic hydroxyl groups is 2. The number of piperidine rings is 2. The van der Waals surface area contributed by atoms with Gasteiger partial charge in [0, 0.05) is 77.9 Å². The third-order valence-corrected chi connectivity index (χ3v) is 8.48. The number of nitrogens with zero attached hydrogens (tertiary/aromatic N) is 6.